The molecule has 1 aromatic carbocycles. The molecule has 2 heterocycles. The monoisotopic (exact) mass is 434 g/mol. The van der Waals surface area contributed by atoms with Crippen LogP contribution in [0.3, 0.4) is 0 Å². The van der Waals surface area contributed by atoms with Gasteiger partial charge in [-0.25, -0.2) is 8.42 Å². The van der Waals surface area contributed by atoms with Crippen LogP contribution in [0.25, 0.3) is 0 Å². The molecular weight excluding hydrogens is 400 g/mol. The first-order chi connectivity index (χ1) is 14.5. The number of methoxy groups -OCH3 is 1. The Morgan fingerprint density at radius 3 is 2.40 bits per heavy atom. The predicted molar refractivity (Wildman–Crippen MR) is 117 cm³/mol. The van der Waals surface area contributed by atoms with Crippen LogP contribution in [0.1, 0.15) is 63.0 Å². The summed E-state index contributed by atoms with van der Waals surface area (Å²) in [4.78, 5) is 17.8. The van der Waals surface area contributed by atoms with Gasteiger partial charge in [-0.05, 0) is 56.3 Å². The number of ether oxygens (including phenoxy) is 1. The average Bonchev–Trinajstić information content (AvgIpc) is 3.35. The molecule has 0 N–H and O–H groups in total. The molecule has 1 amide bonds. The van der Waals surface area contributed by atoms with E-state index in [1.165, 1.54) is 12.0 Å². The van der Waals surface area contributed by atoms with Gasteiger partial charge in [-0.1, -0.05) is 31.4 Å². The van der Waals surface area contributed by atoms with Crippen LogP contribution in [0.5, 0.6) is 5.75 Å². The van der Waals surface area contributed by atoms with Gasteiger partial charge in [0.05, 0.1) is 25.2 Å². The van der Waals surface area contributed by atoms with Crippen molar-refractivity contribution in [3.8, 4) is 5.75 Å². The Morgan fingerprint density at radius 1 is 1.03 bits per heavy atom. The Kier molecular flexibility index (Phi) is 6.68. The predicted octanol–water partition coefficient (Wildman–Crippen LogP) is 3.18. The third-order valence-corrected chi connectivity index (χ3v) is 8.81. The first kappa shape index (κ1) is 21.6. The Bertz CT molecular complexity index is 833. The SMILES string of the molecule is COc1ccc(C2CCCN2CC(=O)N(C2CCCCC2)C2CCS(=O)(=O)C2)cc1. The summed E-state index contributed by atoms with van der Waals surface area (Å²) in [5.74, 6) is 1.30. The van der Waals surface area contributed by atoms with Crippen molar-refractivity contribution in [1.82, 2.24) is 9.80 Å². The number of benzene rings is 1. The molecule has 4 rings (SSSR count). The quantitative estimate of drug-likeness (QED) is 0.688. The summed E-state index contributed by atoms with van der Waals surface area (Å²) in [6.07, 6.45) is 8.19. The number of nitrogens with zero attached hydrogens (tertiary/aromatic N) is 2. The fraction of sp³-hybridized carbons (Fsp3) is 0.696. The van der Waals surface area contributed by atoms with Crippen molar-refractivity contribution in [3.05, 3.63) is 29.8 Å². The number of hydrogen-bond donors (Lipinski definition) is 0. The first-order valence-corrected chi connectivity index (χ1v) is 13.2. The van der Waals surface area contributed by atoms with Crippen molar-refractivity contribution in [2.75, 3.05) is 31.7 Å². The second-order valence-electron chi connectivity index (χ2n) is 9.05. The van der Waals surface area contributed by atoms with Crippen LogP contribution in [0.4, 0.5) is 0 Å². The van der Waals surface area contributed by atoms with Gasteiger partial charge in [0.2, 0.25) is 5.91 Å². The van der Waals surface area contributed by atoms with Gasteiger partial charge in [0.25, 0.3) is 0 Å². The molecule has 166 valence electrons. The van der Waals surface area contributed by atoms with E-state index in [0.717, 1.165) is 50.8 Å². The maximum atomic E-state index is 13.5. The molecule has 2 unspecified atom stereocenters. The van der Waals surface area contributed by atoms with Gasteiger partial charge in [0.1, 0.15) is 5.75 Å². The molecule has 0 spiro atoms. The second kappa shape index (κ2) is 9.27. The average molecular weight is 435 g/mol. The molecule has 3 aliphatic rings. The summed E-state index contributed by atoms with van der Waals surface area (Å²) in [5.41, 5.74) is 1.22. The molecule has 2 saturated heterocycles. The van der Waals surface area contributed by atoms with Crippen molar-refractivity contribution in [2.45, 2.75) is 69.5 Å². The molecule has 2 aliphatic heterocycles. The fourth-order valence-corrected chi connectivity index (χ4v) is 7.25. The zero-order valence-corrected chi connectivity index (χ0v) is 18.8. The molecule has 1 aliphatic carbocycles. The highest BCUT2D eigenvalue weighted by Gasteiger charge is 2.39. The zero-order valence-electron chi connectivity index (χ0n) is 18.0. The number of hydrogen-bond acceptors (Lipinski definition) is 5. The summed E-state index contributed by atoms with van der Waals surface area (Å²) < 4.78 is 29.5. The largest absolute Gasteiger partial charge is 0.497 e. The highest BCUT2D eigenvalue weighted by molar-refractivity contribution is 7.91. The van der Waals surface area contributed by atoms with E-state index in [0.29, 0.717) is 13.0 Å². The highest BCUT2D eigenvalue weighted by Crippen LogP contribution is 2.34. The fourth-order valence-electron chi connectivity index (χ4n) is 5.53. The molecule has 1 saturated carbocycles. The van der Waals surface area contributed by atoms with E-state index in [-0.39, 0.29) is 35.5 Å². The number of rotatable bonds is 6. The van der Waals surface area contributed by atoms with E-state index in [2.05, 4.69) is 17.0 Å². The second-order valence-corrected chi connectivity index (χ2v) is 11.3. The summed E-state index contributed by atoms with van der Waals surface area (Å²) in [6.45, 7) is 1.29. The molecule has 30 heavy (non-hydrogen) atoms. The van der Waals surface area contributed by atoms with E-state index >= 15 is 0 Å². The van der Waals surface area contributed by atoms with Crippen molar-refractivity contribution in [3.63, 3.8) is 0 Å². The molecule has 7 heteroatoms. The molecule has 0 radical (unpaired) electrons. The lowest BCUT2D eigenvalue weighted by atomic mass is 9.92. The minimum absolute atomic E-state index is 0.115. The lowest BCUT2D eigenvalue weighted by molar-refractivity contribution is -0.138. The maximum Gasteiger partial charge on any atom is 0.237 e. The topological polar surface area (TPSA) is 66.9 Å². The summed E-state index contributed by atoms with van der Waals surface area (Å²) in [6, 6.07) is 8.43. The van der Waals surface area contributed by atoms with Gasteiger partial charge in [-0.15, -0.1) is 0 Å². The number of amides is 1. The molecule has 2 atom stereocenters. The molecule has 0 aromatic heterocycles. The van der Waals surface area contributed by atoms with Crippen molar-refractivity contribution in [2.24, 2.45) is 0 Å². The summed E-state index contributed by atoms with van der Waals surface area (Å²) >= 11 is 0. The van der Waals surface area contributed by atoms with Crippen LogP contribution in [0, 0.1) is 0 Å². The van der Waals surface area contributed by atoms with Gasteiger partial charge >= 0.3 is 0 Å². The van der Waals surface area contributed by atoms with Gasteiger partial charge in [-0.3, -0.25) is 9.69 Å². The smallest absolute Gasteiger partial charge is 0.237 e. The van der Waals surface area contributed by atoms with Crippen molar-refractivity contribution >= 4 is 15.7 Å². The van der Waals surface area contributed by atoms with E-state index in [1.807, 2.05) is 17.0 Å². The number of likely N-dealkylation sites (tertiary alicyclic amines) is 1. The number of sulfone groups is 1. The van der Waals surface area contributed by atoms with Gasteiger partial charge < -0.3 is 9.64 Å². The minimum Gasteiger partial charge on any atom is -0.497 e. The van der Waals surface area contributed by atoms with Crippen LogP contribution in [-0.4, -0.2) is 67.9 Å². The summed E-state index contributed by atoms with van der Waals surface area (Å²) in [5, 5.41) is 0. The Labute approximate surface area is 180 Å². The van der Waals surface area contributed by atoms with Crippen LogP contribution in [0.15, 0.2) is 24.3 Å². The minimum atomic E-state index is -3.02. The van der Waals surface area contributed by atoms with Gasteiger partial charge in [0, 0.05) is 18.1 Å². The van der Waals surface area contributed by atoms with E-state index < -0.39 is 9.84 Å². The van der Waals surface area contributed by atoms with Crippen LogP contribution in [0.2, 0.25) is 0 Å². The number of carbonyl (C=O) groups is 1. The molecule has 6 nitrogen and oxygen atoms in total. The standard InChI is InChI=1S/C23H34N2O4S/c1-29-21-11-9-18(10-12-21)22-8-5-14-24(22)16-23(26)25(19-6-3-2-4-7-19)20-13-15-30(27,28)17-20/h9-12,19-20,22H,2-8,13-17H2,1H3. The Morgan fingerprint density at radius 2 is 1.77 bits per heavy atom. The van der Waals surface area contributed by atoms with Gasteiger partial charge in [0.15, 0.2) is 9.84 Å². The highest BCUT2D eigenvalue weighted by atomic mass is 32.2. The summed E-state index contributed by atoms with van der Waals surface area (Å²) in [7, 11) is -1.35. The normalized spacial score (nSPS) is 27.2. The molecule has 3 fully saturated rings. The van der Waals surface area contributed by atoms with E-state index in [4.69, 9.17) is 4.74 Å². The third kappa shape index (κ3) is 4.83. The first-order valence-electron chi connectivity index (χ1n) is 11.4. The maximum absolute atomic E-state index is 13.5. The third-order valence-electron chi connectivity index (χ3n) is 7.06. The zero-order chi connectivity index (χ0) is 21.1. The van der Waals surface area contributed by atoms with Crippen LogP contribution >= 0.6 is 0 Å². The Balaban J connectivity index is 1.49. The van der Waals surface area contributed by atoms with Crippen LogP contribution in [-0.2, 0) is 14.6 Å². The molecule has 1 aromatic rings. The van der Waals surface area contributed by atoms with Crippen LogP contribution < -0.4 is 4.74 Å². The van der Waals surface area contributed by atoms with Crippen molar-refractivity contribution < 1.29 is 17.9 Å². The molecular formula is C23H34N2O4S. The van der Waals surface area contributed by atoms with Gasteiger partial charge in [-0.2, -0.15) is 0 Å². The van der Waals surface area contributed by atoms with E-state index in [9.17, 15) is 13.2 Å². The van der Waals surface area contributed by atoms with E-state index in [1.54, 1.807) is 7.11 Å². The lowest BCUT2D eigenvalue weighted by Crippen LogP contribution is -2.51. The van der Waals surface area contributed by atoms with Crippen molar-refractivity contribution in [1.29, 1.82) is 0 Å². The lowest BCUT2D eigenvalue weighted by Gasteiger charge is -2.39. The Hall–Kier alpha value is -1.60. The number of carbonyl (C=O) groups excluding carboxylic acids is 1. The molecule has 0 bridgehead atoms.